The number of rotatable bonds is 5. The van der Waals surface area contributed by atoms with Crippen LogP contribution < -0.4 is 16.2 Å². The molecule has 1 amide bonds. The van der Waals surface area contributed by atoms with Gasteiger partial charge in [-0.3, -0.25) is 4.79 Å². The number of aromatic nitrogens is 5. The number of pyridine rings is 1. The summed E-state index contributed by atoms with van der Waals surface area (Å²) in [7, 11) is 0. The van der Waals surface area contributed by atoms with Gasteiger partial charge in [-0.05, 0) is 30.3 Å². The first-order chi connectivity index (χ1) is 17.7. The lowest BCUT2D eigenvalue weighted by atomic mass is 10.0. The van der Waals surface area contributed by atoms with Gasteiger partial charge in [0, 0.05) is 11.8 Å². The lowest BCUT2D eigenvalue weighted by Gasteiger charge is -2.15. The number of alkyl halides is 6. The Hall–Kier alpha value is -4.47. The van der Waals surface area contributed by atoms with E-state index in [1.807, 2.05) is 0 Å². The quantitative estimate of drug-likeness (QED) is 0.326. The third-order valence-electron chi connectivity index (χ3n) is 4.89. The molecule has 0 fully saturated rings. The fraction of sp³-hybridized carbons (Fsp3) is 0.0952. The molecule has 0 spiro atoms. The zero-order valence-corrected chi connectivity index (χ0v) is 19.0. The molecule has 198 valence electrons. The molecular weight excluding hydrogens is 551 g/mol. The fourth-order valence-electron chi connectivity index (χ4n) is 3.33. The highest BCUT2D eigenvalue weighted by Gasteiger charge is 2.45. The molecular formula is C21H11ClF7N7O2. The van der Waals surface area contributed by atoms with Gasteiger partial charge in [-0.2, -0.15) is 36.4 Å². The third kappa shape index (κ3) is 4.89. The zero-order chi connectivity index (χ0) is 28.0. The molecule has 0 atom stereocenters. The largest absolute Gasteiger partial charge is 0.434 e. The molecule has 9 nitrogen and oxygen atoms in total. The van der Waals surface area contributed by atoms with Gasteiger partial charge in [0.15, 0.2) is 23.1 Å². The highest BCUT2D eigenvalue weighted by Crippen LogP contribution is 2.41. The maximum Gasteiger partial charge on any atom is 0.434 e. The highest BCUT2D eigenvalue weighted by atomic mass is 35.5. The third-order valence-corrected chi connectivity index (χ3v) is 5.24. The van der Waals surface area contributed by atoms with Crippen molar-refractivity contribution in [2.75, 3.05) is 5.73 Å². The van der Waals surface area contributed by atoms with Crippen LogP contribution in [-0.2, 0) is 12.4 Å². The first-order valence-electron chi connectivity index (χ1n) is 9.96. The normalized spacial score (nSPS) is 12.0. The van der Waals surface area contributed by atoms with Crippen molar-refractivity contribution >= 4 is 23.3 Å². The van der Waals surface area contributed by atoms with Crippen LogP contribution in [-0.4, -0.2) is 30.6 Å². The van der Waals surface area contributed by atoms with Crippen LogP contribution in [0.1, 0.15) is 21.6 Å². The van der Waals surface area contributed by atoms with Crippen LogP contribution in [0.15, 0.2) is 42.9 Å². The van der Waals surface area contributed by atoms with Crippen LogP contribution in [0, 0.1) is 5.82 Å². The van der Waals surface area contributed by atoms with Crippen LogP contribution in [0.25, 0.3) is 17.1 Å². The van der Waals surface area contributed by atoms with Crippen LogP contribution >= 0.6 is 11.6 Å². The summed E-state index contributed by atoms with van der Waals surface area (Å²) < 4.78 is 103. The van der Waals surface area contributed by atoms with Crippen molar-refractivity contribution in [3.63, 3.8) is 0 Å². The molecule has 0 aliphatic heterocycles. The van der Waals surface area contributed by atoms with Crippen molar-refractivity contribution in [2.24, 2.45) is 5.73 Å². The number of carbonyl (C=O) groups excluding carboxylic acids is 1. The number of nitrogens with two attached hydrogens (primary N) is 2. The van der Waals surface area contributed by atoms with E-state index in [1.54, 1.807) is 0 Å². The van der Waals surface area contributed by atoms with Crippen LogP contribution in [0.3, 0.4) is 0 Å². The molecule has 0 saturated heterocycles. The molecule has 0 aliphatic rings. The standard InChI is InChI=1S/C21H11ClF7N7O2/c22-13-16(30)33-7-34-19(13)38-11-4-3-8(6-10(11)23)14-12(17(31)37)15(21(27,28)29)36(35-14)18-9(20(24,25)26)2-1-5-32-18/h1-7H,(H2,31,37)(H2,30,33,34). The first-order valence-corrected chi connectivity index (χ1v) is 10.3. The second kappa shape index (κ2) is 9.44. The first kappa shape index (κ1) is 26.6. The van der Waals surface area contributed by atoms with E-state index in [2.05, 4.69) is 20.1 Å². The van der Waals surface area contributed by atoms with Crippen molar-refractivity contribution in [3.05, 3.63) is 70.5 Å². The number of benzene rings is 1. The SMILES string of the molecule is NC(=O)c1c(-c2ccc(Oc3ncnc(N)c3Cl)c(F)c2)nn(-c2ncccc2C(F)(F)F)c1C(F)(F)F. The van der Waals surface area contributed by atoms with Gasteiger partial charge in [-0.1, -0.05) is 11.6 Å². The molecule has 0 saturated carbocycles. The molecule has 0 radical (unpaired) electrons. The summed E-state index contributed by atoms with van der Waals surface area (Å²) in [6.45, 7) is 0. The summed E-state index contributed by atoms with van der Waals surface area (Å²) in [5.74, 6) is -5.21. The minimum absolute atomic E-state index is 0.183. The van der Waals surface area contributed by atoms with Crippen molar-refractivity contribution in [1.82, 2.24) is 24.7 Å². The van der Waals surface area contributed by atoms with E-state index >= 15 is 0 Å². The van der Waals surface area contributed by atoms with Gasteiger partial charge in [0.05, 0.1) is 5.56 Å². The van der Waals surface area contributed by atoms with E-state index in [4.69, 9.17) is 27.8 Å². The lowest BCUT2D eigenvalue weighted by molar-refractivity contribution is -0.145. The second-order valence-corrected chi connectivity index (χ2v) is 7.72. The Morgan fingerprint density at radius 2 is 1.74 bits per heavy atom. The number of hydrogen-bond acceptors (Lipinski definition) is 7. The van der Waals surface area contributed by atoms with E-state index in [0.29, 0.717) is 12.1 Å². The van der Waals surface area contributed by atoms with E-state index in [0.717, 1.165) is 30.7 Å². The van der Waals surface area contributed by atoms with Gasteiger partial charge < -0.3 is 16.2 Å². The summed E-state index contributed by atoms with van der Waals surface area (Å²) in [5.41, 5.74) is 4.55. The minimum Gasteiger partial charge on any atom is -0.434 e. The molecule has 3 aromatic heterocycles. The maximum absolute atomic E-state index is 14.9. The van der Waals surface area contributed by atoms with E-state index in [1.165, 1.54) is 0 Å². The number of primary amides is 1. The monoisotopic (exact) mass is 561 g/mol. The molecule has 4 aromatic rings. The molecule has 4 N–H and O–H groups in total. The van der Waals surface area contributed by atoms with Crippen LogP contribution in [0.2, 0.25) is 5.02 Å². The molecule has 38 heavy (non-hydrogen) atoms. The van der Waals surface area contributed by atoms with Crippen molar-refractivity contribution in [2.45, 2.75) is 12.4 Å². The zero-order valence-electron chi connectivity index (χ0n) is 18.3. The summed E-state index contributed by atoms with van der Waals surface area (Å²) in [4.78, 5) is 22.8. The van der Waals surface area contributed by atoms with Gasteiger partial charge >= 0.3 is 12.4 Å². The minimum atomic E-state index is -5.43. The number of hydrogen-bond donors (Lipinski definition) is 2. The van der Waals surface area contributed by atoms with Crippen LogP contribution in [0.4, 0.5) is 36.6 Å². The van der Waals surface area contributed by atoms with Gasteiger partial charge in [-0.15, -0.1) is 0 Å². The molecule has 3 heterocycles. The number of anilines is 1. The van der Waals surface area contributed by atoms with Crippen molar-refractivity contribution in [3.8, 4) is 28.7 Å². The van der Waals surface area contributed by atoms with Crippen LogP contribution in [0.5, 0.6) is 11.6 Å². The maximum atomic E-state index is 14.9. The molecule has 4 rings (SSSR count). The summed E-state index contributed by atoms with van der Waals surface area (Å²) in [6.07, 6.45) is -8.80. The summed E-state index contributed by atoms with van der Waals surface area (Å²) in [5, 5.41) is 3.31. The van der Waals surface area contributed by atoms with E-state index in [9.17, 15) is 35.5 Å². The van der Waals surface area contributed by atoms with E-state index in [-0.39, 0.29) is 21.4 Å². The number of halogens is 8. The summed E-state index contributed by atoms with van der Waals surface area (Å²) in [6, 6.07) is 3.86. The summed E-state index contributed by atoms with van der Waals surface area (Å²) >= 11 is 5.89. The van der Waals surface area contributed by atoms with Crippen molar-refractivity contribution < 1.29 is 40.3 Å². The van der Waals surface area contributed by atoms with Gasteiger partial charge in [0.25, 0.3) is 5.91 Å². The van der Waals surface area contributed by atoms with Crippen molar-refractivity contribution in [1.29, 1.82) is 0 Å². The molecule has 17 heteroatoms. The Morgan fingerprint density at radius 1 is 1.03 bits per heavy atom. The molecule has 0 unspecified atom stereocenters. The Balaban J connectivity index is 1.91. The smallest absolute Gasteiger partial charge is 0.434 e. The van der Waals surface area contributed by atoms with E-state index < -0.39 is 63.7 Å². The number of ether oxygens (including phenoxy) is 1. The number of nitrogen functional groups attached to an aromatic ring is 1. The number of carbonyl (C=O) groups is 1. The molecule has 0 aliphatic carbocycles. The molecule has 0 bridgehead atoms. The second-order valence-electron chi connectivity index (χ2n) is 7.34. The lowest BCUT2D eigenvalue weighted by Crippen LogP contribution is -2.23. The highest BCUT2D eigenvalue weighted by molar-refractivity contribution is 6.34. The Bertz CT molecular complexity index is 1550. The average molecular weight is 562 g/mol. The number of amides is 1. The average Bonchev–Trinajstić information content (AvgIpc) is 3.24. The van der Waals surface area contributed by atoms with Gasteiger partial charge in [-0.25, -0.2) is 19.0 Å². The fourth-order valence-corrected chi connectivity index (χ4v) is 3.46. The Morgan fingerprint density at radius 3 is 2.34 bits per heavy atom. The Labute approximate surface area is 211 Å². The van der Waals surface area contributed by atoms with Gasteiger partial charge in [0.1, 0.15) is 28.4 Å². The topological polar surface area (TPSA) is 135 Å². The Kier molecular flexibility index (Phi) is 6.61. The molecule has 1 aromatic carbocycles. The van der Waals surface area contributed by atoms with Gasteiger partial charge in [0.2, 0.25) is 5.88 Å². The number of nitrogens with zero attached hydrogens (tertiary/aromatic N) is 5. The predicted octanol–water partition coefficient (Wildman–Crippen LogP) is 5.03. The predicted molar refractivity (Wildman–Crippen MR) is 117 cm³/mol.